The van der Waals surface area contributed by atoms with Crippen molar-refractivity contribution in [3.8, 4) is 5.75 Å². The number of phenols is 1. The molecule has 1 aliphatic carbocycles. The SMILES string of the molecule is O=C(NCC1CCCC1)c1ccc(Br)c(O)c1. The van der Waals surface area contributed by atoms with E-state index in [-0.39, 0.29) is 11.7 Å². The van der Waals surface area contributed by atoms with Crippen LogP contribution in [-0.4, -0.2) is 17.6 Å². The molecule has 0 bridgehead atoms. The third-order valence-corrected chi connectivity index (χ3v) is 3.90. The molecular weight excluding hydrogens is 282 g/mol. The molecule has 0 radical (unpaired) electrons. The maximum atomic E-state index is 11.8. The quantitative estimate of drug-likeness (QED) is 0.901. The Hall–Kier alpha value is -1.03. The number of aromatic hydroxyl groups is 1. The molecule has 1 fully saturated rings. The molecule has 0 spiro atoms. The molecule has 0 aliphatic heterocycles. The molecule has 0 heterocycles. The lowest BCUT2D eigenvalue weighted by atomic mass is 10.1. The van der Waals surface area contributed by atoms with Gasteiger partial charge in [0.15, 0.2) is 0 Å². The van der Waals surface area contributed by atoms with Crippen LogP contribution in [0.25, 0.3) is 0 Å². The molecule has 0 saturated heterocycles. The summed E-state index contributed by atoms with van der Waals surface area (Å²) < 4.78 is 0.602. The summed E-state index contributed by atoms with van der Waals surface area (Å²) in [7, 11) is 0. The molecule has 0 atom stereocenters. The number of carbonyl (C=O) groups excluding carboxylic acids is 1. The van der Waals surface area contributed by atoms with Gasteiger partial charge < -0.3 is 10.4 Å². The second-order valence-electron chi connectivity index (χ2n) is 4.53. The van der Waals surface area contributed by atoms with E-state index in [0.717, 1.165) is 6.54 Å². The highest BCUT2D eigenvalue weighted by Crippen LogP contribution is 2.25. The predicted molar refractivity (Wildman–Crippen MR) is 70.1 cm³/mol. The highest BCUT2D eigenvalue weighted by molar-refractivity contribution is 9.10. The highest BCUT2D eigenvalue weighted by atomic mass is 79.9. The Morgan fingerprint density at radius 3 is 2.76 bits per heavy atom. The van der Waals surface area contributed by atoms with Gasteiger partial charge in [0.1, 0.15) is 5.75 Å². The van der Waals surface area contributed by atoms with Crippen molar-refractivity contribution in [1.82, 2.24) is 5.32 Å². The van der Waals surface area contributed by atoms with Crippen LogP contribution in [0, 0.1) is 5.92 Å². The highest BCUT2D eigenvalue weighted by Gasteiger charge is 2.16. The average molecular weight is 298 g/mol. The third kappa shape index (κ3) is 3.22. The van der Waals surface area contributed by atoms with E-state index in [1.807, 2.05) is 0 Å². The zero-order chi connectivity index (χ0) is 12.3. The van der Waals surface area contributed by atoms with Gasteiger partial charge >= 0.3 is 0 Å². The first-order valence-electron chi connectivity index (χ1n) is 5.93. The summed E-state index contributed by atoms with van der Waals surface area (Å²) in [6.07, 6.45) is 4.98. The minimum Gasteiger partial charge on any atom is -0.507 e. The first kappa shape index (κ1) is 12.4. The van der Waals surface area contributed by atoms with Gasteiger partial charge in [-0.3, -0.25) is 4.79 Å². The number of phenolic OH excluding ortho intramolecular Hbond substituents is 1. The van der Waals surface area contributed by atoms with Gasteiger partial charge in [-0.1, -0.05) is 12.8 Å². The Balaban J connectivity index is 1.92. The monoisotopic (exact) mass is 297 g/mol. The molecule has 1 saturated carbocycles. The first-order valence-corrected chi connectivity index (χ1v) is 6.73. The van der Waals surface area contributed by atoms with Crippen molar-refractivity contribution in [2.24, 2.45) is 5.92 Å². The number of hydrogen-bond acceptors (Lipinski definition) is 2. The van der Waals surface area contributed by atoms with Crippen LogP contribution < -0.4 is 5.32 Å². The third-order valence-electron chi connectivity index (χ3n) is 3.23. The fourth-order valence-electron chi connectivity index (χ4n) is 2.21. The summed E-state index contributed by atoms with van der Waals surface area (Å²) in [5, 5.41) is 12.4. The summed E-state index contributed by atoms with van der Waals surface area (Å²) in [4.78, 5) is 11.8. The van der Waals surface area contributed by atoms with E-state index in [2.05, 4.69) is 21.2 Å². The molecule has 4 heteroatoms. The normalized spacial score (nSPS) is 16.1. The number of nitrogens with one attached hydrogen (secondary N) is 1. The lowest BCUT2D eigenvalue weighted by Gasteiger charge is -2.10. The van der Waals surface area contributed by atoms with Gasteiger partial charge in [-0.2, -0.15) is 0 Å². The lowest BCUT2D eigenvalue weighted by Crippen LogP contribution is -2.28. The zero-order valence-corrected chi connectivity index (χ0v) is 11.2. The summed E-state index contributed by atoms with van der Waals surface area (Å²) in [5.41, 5.74) is 0.503. The summed E-state index contributed by atoms with van der Waals surface area (Å²) >= 11 is 3.19. The lowest BCUT2D eigenvalue weighted by molar-refractivity contribution is 0.0947. The molecule has 2 N–H and O–H groups in total. The number of carbonyl (C=O) groups is 1. The van der Waals surface area contributed by atoms with E-state index in [9.17, 15) is 9.90 Å². The molecule has 17 heavy (non-hydrogen) atoms. The molecule has 2 rings (SSSR count). The minimum absolute atomic E-state index is 0.0958. The molecule has 1 amide bonds. The Labute approximate surface area is 109 Å². The molecule has 0 unspecified atom stereocenters. The topological polar surface area (TPSA) is 49.3 Å². The minimum atomic E-state index is -0.111. The number of amides is 1. The largest absolute Gasteiger partial charge is 0.507 e. The van der Waals surface area contributed by atoms with E-state index in [1.54, 1.807) is 12.1 Å². The van der Waals surface area contributed by atoms with E-state index < -0.39 is 0 Å². The molecule has 1 aromatic rings. The Bertz CT molecular complexity index is 414. The maximum absolute atomic E-state index is 11.8. The van der Waals surface area contributed by atoms with Crippen LogP contribution in [-0.2, 0) is 0 Å². The second-order valence-corrected chi connectivity index (χ2v) is 5.38. The average Bonchev–Trinajstić information content (AvgIpc) is 2.82. The summed E-state index contributed by atoms with van der Waals surface area (Å²) in [6, 6.07) is 4.86. The van der Waals surface area contributed by atoms with Gasteiger partial charge in [0.2, 0.25) is 0 Å². The molecule has 1 aromatic carbocycles. The second kappa shape index (κ2) is 5.54. The molecule has 3 nitrogen and oxygen atoms in total. The van der Waals surface area contributed by atoms with Gasteiger partial charge in [-0.25, -0.2) is 0 Å². The molecule has 0 aromatic heterocycles. The van der Waals surface area contributed by atoms with E-state index >= 15 is 0 Å². The van der Waals surface area contributed by atoms with E-state index in [1.165, 1.54) is 31.7 Å². The van der Waals surface area contributed by atoms with Crippen LogP contribution in [0.2, 0.25) is 0 Å². The zero-order valence-electron chi connectivity index (χ0n) is 9.58. The fourth-order valence-corrected chi connectivity index (χ4v) is 2.45. The van der Waals surface area contributed by atoms with Crippen LogP contribution in [0.3, 0.4) is 0 Å². The summed E-state index contributed by atoms with van der Waals surface area (Å²) in [5.74, 6) is 0.612. The first-order chi connectivity index (χ1) is 8.16. The van der Waals surface area contributed by atoms with E-state index in [4.69, 9.17) is 0 Å². The van der Waals surface area contributed by atoms with Gasteiger partial charge in [0.25, 0.3) is 5.91 Å². The number of halogens is 1. The van der Waals surface area contributed by atoms with Crippen LogP contribution in [0.4, 0.5) is 0 Å². The Kier molecular flexibility index (Phi) is 4.05. The van der Waals surface area contributed by atoms with Crippen LogP contribution in [0.1, 0.15) is 36.0 Å². The van der Waals surface area contributed by atoms with Crippen molar-refractivity contribution in [1.29, 1.82) is 0 Å². The number of hydrogen-bond donors (Lipinski definition) is 2. The molecule has 92 valence electrons. The molecular formula is C13H16BrNO2. The maximum Gasteiger partial charge on any atom is 0.251 e. The van der Waals surface area contributed by atoms with Crippen molar-refractivity contribution < 1.29 is 9.90 Å². The van der Waals surface area contributed by atoms with Crippen molar-refractivity contribution >= 4 is 21.8 Å². The van der Waals surface area contributed by atoms with Crippen LogP contribution in [0.5, 0.6) is 5.75 Å². The number of rotatable bonds is 3. The van der Waals surface area contributed by atoms with E-state index in [0.29, 0.717) is 16.0 Å². The summed E-state index contributed by atoms with van der Waals surface area (Å²) in [6.45, 7) is 0.746. The van der Waals surface area contributed by atoms with Gasteiger partial charge in [-0.15, -0.1) is 0 Å². The number of benzene rings is 1. The standard InChI is InChI=1S/C13H16BrNO2/c14-11-6-5-10(7-12(11)16)13(17)15-8-9-3-1-2-4-9/h5-7,9,16H,1-4,8H2,(H,15,17). The predicted octanol–water partition coefficient (Wildman–Crippen LogP) is 3.07. The fraction of sp³-hybridized carbons (Fsp3) is 0.462. The van der Waals surface area contributed by atoms with Gasteiger partial charge in [0.05, 0.1) is 4.47 Å². The van der Waals surface area contributed by atoms with Crippen LogP contribution >= 0.6 is 15.9 Å². The van der Waals surface area contributed by atoms with Crippen molar-refractivity contribution in [3.05, 3.63) is 28.2 Å². The van der Waals surface area contributed by atoms with Crippen molar-refractivity contribution in [2.45, 2.75) is 25.7 Å². The van der Waals surface area contributed by atoms with Gasteiger partial charge in [0, 0.05) is 12.1 Å². The van der Waals surface area contributed by atoms with Crippen molar-refractivity contribution in [2.75, 3.05) is 6.54 Å². The Morgan fingerprint density at radius 2 is 2.12 bits per heavy atom. The Morgan fingerprint density at radius 1 is 1.41 bits per heavy atom. The molecule has 1 aliphatic rings. The van der Waals surface area contributed by atoms with Gasteiger partial charge in [-0.05, 0) is 52.9 Å². The smallest absolute Gasteiger partial charge is 0.251 e. The van der Waals surface area contributed by atoms with Crippen molar-refractivity contribution in [3.63, 3.8) is 0 Å². The van der Waals surface area contributed by atoms with Crippen LogP contribution in [0.15, 0.2) is 22.7 Å².